The maximum atomic E-state index is 9.10. The standard InChI is InChI=1S/3C2H2O4.2Gd.H2O/c3*3-1(4)2(5)6;;;/h3*(H,3,4)(H,5,6);;;1H2. The van der Waals surface area contributed by atoms with Crippen molar-refractivity contribution in [1.82, 2.24) is 0 Å². The third kappa shape index (κ3) is 45.2. The van der Waals surface area contributed by atoms with Crippen LogP contribution in [-0.4, -0.2) is 71.9 Å². The third-order valence-corrected chi connectivity index (χ3v) is 0.549. The van der Waals surface area contributed by atoms with Gasteiger partial charge in [-0.05, 0) is 0 Å². The van der Waals surface area contributed by atoms with Gasteiger partial charge in [0.2, 0.25) is 0 Å². The summed E-state index contributed by atoms with van der Waals surface area (Å²) in [6.45, 7) is 0. The summed E-state index contributed by atoms with van der Waals surface area (Å²) in [5, 5.41) is 44.3. The zero-order valence-corrected chi connectivity index (χ0v) is 13.9. The van der Waals surface area contributed by atoms with E-state index in [1.165, 1.54) is 0 Å². The predicted molar refractivity (Wildman–Crippen MR) is 49.4 cm³/mol. The molecule has 126 valence electrons. The largest absolute Gasteiger partial charge is 0.473 e. The molecule has 15 heteroatoms. The summed E-state index contributed by atoms with van der Waals surface area (Å²) in [7, 11) is 0. The number of carboxylic acids is 6. The van der Waals surface area contributed by atoms with E-state index < -0.39 is 35.8 Å². The molecule has 0 heterocycles. The predicted octanol–water partition coefficient (Wildman–Crippen LogP) is -3.36. The molecule has 0 aliphatic carbocycles. The Morgan fingerprint density at radius 1 is 0.381 bits per heavy atom. The van der Waals surface area contributed by atoms with Crippen LogP contribution >= 0.6 is 0 Å². The van der Waals surface area contributed by atoms with Gasteiger partial charge in [-0.25, -0.2) is 28.8 Å². The molecule has 0 saturated carbocycles. The van der Waals surface area contributed by atoms with E-state index in [9.17, 15) is 0 Å². The molecule has 8 N–H and O–H groups in total. The molecular weight excluding hydrogens is 595 g/mol. The third-order valence-electron chi connectivity index (χ3n) is 0.549. The molecule has 0 aromatic rings. The maximum absolute atomic E-state index is 9.10. The summed E-state index contributed by atoms with van der Waals surface area (Å²) in [4.78, 5) is 54.6. The van der Waals surface area contributed by atoms with Crippen LogP contribution in [0, 0.1) is 79.9 Å². The fourth-order valence-electron chi connectivity index (χ4n) is 0. The van der Waals surface area contributed by atoms with E-state index in [0.29, 0.717) is 0 Å². The Morgan fingerprint density at radius 3 is 0.429 bits per heavy atom. The minimum absolute atomic E-state index is 0. The first-order chi connectivity index (χ1) is 7.93. The first-order valence-electron chi connectivity index (χ1n) is 3.32. The van der Waals surface area contributed by atoms with E-state index >= 15 is 0 Å². The number of carboxylic acid groups (broad SMARTS) is 6. The van der Waals surface area contributed by atoms with Crippen molar-refractivity contribution in [1.29, 1.82) is 0 Å². The number of hydrogen-bond acceptors (Lipinski definition) is 6. The van der Waals surface area contributed by atoms with Gasteiger partial charge in [0.25, 0.3) is 0 Å². The van der Waals surface area contributed by atoms with Crippen molar-refractivity contribution in [2.24, 2.45) is 0 Å². The first-order valence-corrected chi connectivity index (χ1v) is 3.32. The van der Waals surface area contributed by atoms with E-state index in [0.717, 1.165) is 0 Å². The van der Waals surface area contributed by atoms with Crippen molar-refractivity contribution in [2.45, 2.75) is 0 Å². The maximum Gasteiger partial charge on any atom is 0.414 e. The van der Waals surface area contributed by atoms with Crippen LogP contribution in [0.4, 0.5) is 0 Å². The number of rotatable bonds is 0. The van der Waals surface area contributed by atoms with Crippen LogP contribution < -0.4 is 0 Å². The van der Waals surface area contributed by atoms with Crippen LogP contribution in [0.2, 0.25) is 0 Å². The minimum atomic E-state index is -1.82. The van der Waals surface area contributed by atoms with Crippen molar-refractivity contribution >= 4 is 35.8 Å². The van der Waals surface area contributed by atoms with Crippen molar-refractivity contribution in [3.05, 3.63) is 0 Å². The van der Waals surface area contributed by atoms with Gasteiger partial charge in [0.1, 0.15) is 0 Å². The van der Waals surface area contributed by atoms with E-state index in [-0.39, 0.29) is 85.4 Å². The Balaban J connectivity index is -0.0000000375. The second-order valence-electron chi connectivity index (χ2n) is 1.83. The zero-order valence-electron chi connectivity index (χ0n) is 9.34. The normalized spacial score (nSPS) is 6.29. The molecule has 0 aromatic heterocycles. The van der Waals surface area contributed by atoms with Crippen molar-refractivity contribution in [3.63, 3.8) is 0 Å². The van der Waals surface area contributed by atoms with Gasteiger partial charge in [-0.2, -0.15) is 0 Å². The zero-order chi connectivity index (χ0) is 15.5. The second-order valence-corrected chi connectivity index (χ2v) is 1.83. The van der Waals surface area contributed by atoms with Gasteiger partial charge in [0.15, 0.2) is 0 Å². The van der Waals surface area contributed by atoms with Gasteiger partial charge in [-0.15, -0.1) is 0 Å². The topological polar surface area (TPSA) is 255 Å². The molecule has 0 amide bonds. The van der Waals surface area contributed by atoms with Gasteiger partial charge < -0.3 is 36.1 Å². The monoisotopic (exact) mass is 604 g/mol. The summed E-state index contributed by atoms with van der Waals surface area (Å²) >= 11 is 0. The summed E-state index contributed by atoms with van der Waals surface area (Å²) < 4.78 is 0. The molecule has 0 bridgehead atoms. The van der Waals surface area contributed by atoms with E-state index in [4.69, 9.17) is 59.4 Å². The Bertz CT molecular complexity index is 282. The fourth-order valence-corrected chi connectivity index (χ4v) is 0. The van der Waals surface area contributed by atoms with Gasteiger partial charge in [-0.3, -0.25) is 0 Å². The first kappa shape index (κ1) is 37.0. The molecule has 0 aromatic carbocycles. The van der Waals surface area contributed by atoms with Gasteiger partial charge in [-0.1, -0.05) is 0 Å². The molecule has 0 unspecified atom stereocenters. The van der Waals surface area contributed by atoms with Crippen LogP contribution in [0.5, 0.6) is 0 Å². The molecule has 0 atom stereocenters. The molecule has 0 aliphatic rings. The summed E-state index contributed by atoms with van der Waals surface area (Å²) in [5.41, 5.74) is 0. The van der Waals surface area contributed by atoms with E-state index in [1.54, 1.807) is 0 Å². The Hall–Kier alpha value is -0.571. The molecule has 21 heavy (non-hydrogen) atoms. The molecule has 0 rings (SSSR count). The van der Waals surface area contributed by atoms with Crippen molar-refractivity contribution in [2.75, 3.05) is 0 Å². The Labute approximate surface area is 178 Å². The number of carbonyl (C=O) groups is 6. The summed E-state index contributed by atoms with van der Waals surface area (Å²) in [6.07, 6.45) is 0. The van der Waals surface area contributed by atoms with Gasteiger partial charge in [0.05, 0.1) is 0 Å². The number of hydrogen-bond donors (Lipinski definition) is 6. The minimum Gasteiger partial charge on any atom is -0.473 e. The van der Waals surface area contributed by atoms with Crippen LogP contribution in [0.15, 0.2) is 0 Å². The molecule has 0 spiro atoms. The fraction of sp³-hybridized carbons (Fsp3) is 0. The SMILES string of the molecule is O.O=C(O)C(=O)O.O=C(O)C(=O)O.O=C(O)C(=O)O.[Gd].[Gd]. The van der Waals surface area contributed by atoms with Crippen LogP contribution in [0.1, 0.15) is 0 Å². The molecule has 0 aliphatic heterocycles. The van der Waals surface area contributed by atoms with Gasteiger partial charge in [0, 0.05) is 79.9 Å². The average Bonchev–Trinajstić information content (AvgIpc) is 2.18. The van der Waals surface area contributed by atoms with Gasteiger partial charge >= 0.3 is 35.8 Å². The average molecular weight is 603 g/mol. The second kappa shape index (κ2) is 21.7. The molecular formula is C6H8Gd2O13. The van der Waals surface area contributed by atoms with Crippen molar-refractivity contribution in [3.8, 4) is 0 Å². The molecule has 0 saturated heterocycles. The van der Waals surface area contributed by atoms with Crippen molar-refractivity contribution < 1.29 is 145 Å². The summed E-state index contributed by atoms with van der Waals surface area (Å²) in [6, 6.07) is 0. The smallest absolute Gasteiger partial charge is 0.414 e. The molecule has 0 radical (unpaired) electrons. The van der Waals surface area contributed by atoms with Crippen LogP contribution in [-0.2, 0) is 28.8 Å². The molecule has 13 nitrogen and oxygen atoms in total. The number of aliphatic carboxylic acids is 6. The van der Waals surface area contributed by atoms with Crippen LogP contribution in [0.25, 0.3) is 0 Å². The quantitative estimate of drug-likeness (QED) is 0.149. The van der Waals surface area contributed by atoms with Crippen LogP contribution in [0.3, 0.4) is 0 Å². The van der Waals surface area contributed by atoms with E-state index in [1.807, 2.05) is 0 Å². The molecule has 0 fully saturated rings. The Morgan fingerprint density at radius 2 is 0.429 bits per heavy atom. The van der Waals surface area contributed by atoms with E-state index in [2.05, 4.69) is 0 Å². The summed E-state index contributed by atoms with van der Waals surface area (Å²) in [5.74, 6) is -10.9. The Kier molecular flexibility index (Phi) is 38.3.